The van der Waals surface area contributed by atoms with Gasteiger partial charge in [-0.25, -0.2) is 0 Å². The monoisotopic (exact) mass is 317 g/mol. The molecule has 0 aliphatic heterocycles. The Bertz CT molecular complexity index is 327. The van der Waals surface area contributed by atoms with Crippen molar-refractivity contribution in [2.75, 3.05) is 39.3 Å². The van der Waals surface area contributed by atoms with Crippen LogP contribution in [0.5, 0.6) is 0 Å². The molecule has 4 nitrogen and oxygen atoms in total. The third-order valence-corrected chi connectivity index (χ3v) is 2.72. The van der Waals surface area contributed by atoms with Crippen LogP contribution in [0.25, 0.3) is 0 Å². The summed E-state index contributed by atoms with van der Waals surface area (Å²) in [6, 6.07) is 5.77. The molecule has 18 heavy (non-hydrogen) atoms. The topological polar surface area (TPSA) is 53.7 Å². The summed E-state index contributed by atoms with van der Waals surface area (Å²) < 4.78 is 16.8. The molecule has 0 aromatic heterocycles. The van der Waals surface area contributed by atoms with Crippen LogP contribution in [0, 0.1) is 0 Å². The smallest absolute Gasteiger partial charge is 0.0719 e. The molecular weight excluding hydrogens is 298 g/mol. The van der Waals surface area contributed by atoms with Gasteiger partial charge >= 0.3 is 0 Å². The van der Waals surface area contributed by atoms with Crippen molar-refractivity contribution in [2.45, 2.75) is 13.0 Å². The Morgan fingerprint density at radius 2 is 1.83 bits per heavy atom. The lowest BCUT2D eigenvalue weighted by Gasteiger charge is -2.07. The maximum absolute atomic E-state index is 5.74. The Morgan fingerprint density at radius 3 is 2.56 bits per heavy atom. The first-order chi connectivity index (χ1) is 8.72. The molecular formula is C13H20BrNO3. The predicted octanol–water partition coefficient (Wildman–Crippen LogP) is 2.60. The van der Waals surface area contributed by atoms with Crippen LogP contribution >= 0.6 is 15.9 Å². The highest BCUT2D eigenvalue weighted by molar-refractivity contribution is 9.10. The fourth-order valence-corrected chi connectivity index (χ4v) is 2.03. The first kappa shape index (κ1) is 15.4. The minimum absolute atomic E-state index is 0.547. The molecule has 0 unspecified atom stereocenters. The van der Waals surface area contributed by atoms with Crippen molar-refractivity contribution in [3.8, 4) is 0 Å². The van der Waals surface area contributed by atoms with Gasteiger partial charge in [-0.3, -0.25) is 0 Å². The van der Waals surface area contributed by atoms with Gasteiger partial charge < -0.3 is 19.9 Å². The van der Waals surface area contributed by atoms with Crippen LogP contribution in [0.1, 0.15) is 12.0 Å². The number of halogens is 1. The minimum atomic E-state index is 0.547. The molecule has 0 amide bonds. The van der Waals surface area contributed by atoms with E-state index in [2.05, 4.69) is 15.9 Å². The second-order valence-electron chi connectivity index (χ2n) is 3.90. The molecule has 0 spiro atoms. The third-order valence-electron chi connectivity index (χ3n) is 2.26. The molecule has 0 aliphatic rings. The lowest BCUT2D eigenvalue weighted by atomic mass is 10.2. The zero-order chi connectivity index (χ0) is 13.2. The van der Waals surface area contributed by atoms with E-state index in [-0.39, 0.29) is 0 Å². The van der Waals surface area contributed by atoms with E-state index in [4.69, 9.17) is 19.9 Å². The Morgan fingerprint density at radius 1 is 1.06 bits per heavy atom. The van der Waals surface area contributed by atoms with Crippen LogP contribution in [0.15, 0.2) is 22.7 Å². The Balaban J connectivity index is 2.07. The zero-order valence-electron chi connectivity index (χ0n) is 10.7. The van der Waals surface area contributed by atoms with Crippen LogP contribution in [-0.2, 0) is 20.8 Å². The molecule has 0 fully saturated rings. The minimum Gasteiger partial charge on any atom is -0.399 e. The van der Waals surface area contributed by atoms with E-state index in [0.29, 0.717) is 26.4 Å². The van der Waals surface area contributed by atoms with E-state index in [1.54, 1.807) is 7.11 Å². The molecule has 0 radical (unpaired) electrons. The summed E-state index contributed by atoms with van der Waals surface area (Å²) in [5.41, 5.74) is 7.53. The van der Waals surface area contributed by atoms with Crippen molar-refractivity contribution in [3.63, 3.8) is 0 Å². The summed E-state index contributed by atoms with van der Waals surface area (Å²) in [7, 11) is 1.69. The summed E-state index contributed by atoms with van der Waals surface area (Å²) in [5.74, 6) is 0. The van der Waals surface area contributed by atoms with E-state index >= 15 is 0 Å². The van der Waals surface area contributed by atoms with Gasteiger partial charge in [-0.15, -0.1) is 0 Å². The molecule has 5 heteroatoms. The molecule has 0 saturated carbocycles. The van der Waals surface area contributed by atoms with Gasteiger partial charge in [-0.2, -0.15) is 0 Å². The summed E-state index contributed by atoms with van der Waals surface area (Å²) in [5, 5.41) is 0. The van der Waals surface area contributed by atoms with Gasteiger partial charge in [0.25, 0.3) is 0 Å². The van der Waals surface area contributed by atoms with Crippen molar-refractivity contribution < 1.29 is 14.2 Å². The molecule has 1 aromatic carbocycles. The van der Waals surface area contributed by atoms with E-state index in [1.165, 1.54) is 0 Å². The molecule has 2 N–H and O–H groups in total. The van der Waals surface area contributed by atoms with Crippen LogP contribution < -0.4 is 5.73 Å². The fraction of sp³-hybridized carbons (Fsp3) is 0.538. The quantitative estimate of drug-likeness (QED) is 0.562. The van der Waals surface area contributed by atoms with E-state index < -0.39 is 0 Å². The van der Waals surface area contributed by atoms with Gasteiger partial charge in [-0.1, -0.05) is 15.9 Å². The zero-order valence-corrected chi connectivity index (χ0v) is 12.2. The SMILES string of the molecule is COCCCOCCOCc1cc(N)cc(Br)c1. The molecule has 0 atom stereocenters. The van der Waals surface area contributed by atoms with Crippen molar-refractivity contribution in [1.82, 2.24) is 0 Å². The number of rotatable bonds is 9. The van der Waals surface area contributed by atoms with Crippen molar-refractivity contribution >= 4 is 21.6 Å². The molecule has 1 aromatic rings. The molecule has 1 rings (SSSR count). The Hall–Kier alpha value is -0.620. The average Bonchev–Trinajstić information content (AvgIpc) is 2.31. The number of hydrogen-bond acceptors (Lipinski definition) is 4. The summed E-state index contributed by atoms with van der Waals surface area (Å²) in [6.07, 6.45) is 0.915. The van der Waals surface area contributed by atoms with Gasteiger partial charge in [0, 0.05) is 30.5 Å². The molecule has 102 valence electrons. The number of nitrogen functional groups attached to an aromatic ring is 1. The first-order valence-electron chi connectivity index (χ1n) is 5.91. The van der Waals surface area contributed by atoms with Crippen LogP contribution in [0.2, 0.25) is 0 Å². The highest BCUT2D eigenvalue weighted by Gasteiger charge is 1.98. The lowest BCUT2D eigenvalue weighted by Crippen LogP contribution is -2.06. The number of hydrogen-bond donors (Lipinski definition) is 1. The lowest BCUT2D eigenvalue weighted by molar-refractivity contribution is 0.0337. The second kappa shape index (κ2) is 9.33. The second-order valence-corrected chi connectivity index (χ2v) is 4.82. The van der Waals surface area contributed by atoms with E-state index in [1.807, 2.05) is 18.2 Å². The normalized spacial score (nSPS) is 10.8. The van der Waals surface area contributed by atoms with Gasteiger partial charge in [0.05, 0.1) is 19.8 Å². The Labute approximate surface area is 117 Å². The number of nitrogens with two attached hydrogens (primary N) is 1. The maximum atomic E-state index is 5.74. The summed E-state index contributed by atoms with van der Waals surface area (Å²) >= 11 is 3.40. The number of benzene rings is 1. The van der Waals surface area contributed by atoms with Crippen LogP contribution in [-0.4, -0.2) is 33.5 Å². The van der Waals surface area contributed by atoms with Gasteiger partial charge in [-0.05, 0) is 30.2 Å². The van der Waals surface area contributed by atoms with E-state index in [0.717, 1.165) is 28.8 Å². The van der Waals surface area contributed by atoms with Crippen molar-refractivity contribution in [3.05, 3.63) is 28.2 Å². The summed E-state index contributed by atoms with van der Waals surface area (Å²) in [4.78, 5) is 0. The van der Waals surface area contributed by atoms with Gasteiger partial charge in [0.2, 0.25) is 0 Å². The third kappa shape index (κ3) is 6.96. The average molecular weight is 318 g/mol. The van der Waals surface area contributed by atoms with Crippen LogP contribution in [0.3, 0.4) is 0 Å². The largest absolute Gasteiger partial charge is 0.399 e. The molecule has 0 aliphatic carbocycles. The summed E-state index contributed by atoms with van der Waals surface area (Å²) in [6.45, 7) is 3.18. The van der Waals surface area contributed by atoms with Crippen molar-refractivity contribution in [2.24, 2.45) is 0 Å². The van der Waals surface area contributed by atoms with Gasteiger partial charge in [0.1, 0.15) is 0 Å². The maximum Gasteiger partial charge on any atom is 0.0719 e. The van der Waals surface area contributed by atoms with Gasteiger partial charge in [0.15, 0.2) is 0 Å². The van der Waals surface area contributed by atoms with E-state index in [9.17, 15) is 0 Å². The number of anilines is 1. The van der Waals surface area contributed by atoms with Crippen molar-refractivity contribution in [1.29, 1.82) is 0 Å². The number of methoxy groups -OCH3 is 1. The standard InChI is InChI=1S/C13H20BrNO3/c1-16-3-2-4-17-5-6-18-10-11-7-12(14)9-13(15)8-11/h7-9H,2-6,10,15H2,1H3. The molecule has 0 heterocycles. The number of ether oxygens (including phenoxy) is 3. The highest BCUT2D eigenvalue weighted by Crippen LogP contribution is 2.17. The molecule has 0 saturated heterocycles. The molecule has 0 bridgehead atoms. The Kier molecular flexibility index (Phi) is 8.00. The van der Waals surface area contributed by atoms with Crippen LogP contribution in [0.4, 0.5) is 5.69 Å². The predicted molar refractivity (Wildman–Crippen MR) is 75.5 cm³/mol. The fourth-order valence-electron chi connectivity index (χ4n) is 1.47. The first-order valence-corrected chi connectivity index (χ1v) is 6.71. The highest BCUT2D eigenvalue weighted by atomic mass is 79.9.